The zero-order valence-electron chi connectivity index (χ0n) is 19.0. The maximum absolute atomic E-state index is 14.6. The number of fused-ring (bicyclic) bond motifs is 1. The van der Waals surface area contributed by atoms with Crippen LogP contribution in [0.1, 0.15) is 28.7 Å². The highest BCUT2D eigenvalue weighted by atomic mass is 32.1. The molecule has 6 nitrogen and oxygen atoms in total. The van der Waals surface area contributed by atoms with Crippen molar-refractivity contribution in [3.05, 3.63) is 74.3 Å². The maximum atomic E-state index is 14.6. The van der Waals surface area contributed by atoms with Crippen molar-refractivity contribution in [2.75, 3.05) is 25.1 Å². The molecule has 0 spiro atoms. The number of hydrogen-bond donors (Lipinski definition) is 0. The highest BCUT2D eigenvalue weighted by molar-refractivity contribution is 7.09. The number of aromatic nitrogens is 3. The molecule has 1 atom stereocenters. The van der Waals surface area contributed by atoms with Gasteiger partial charge in [-0.2, -0.15) is 13.2 Å². The van der Waals surface area contributed by atoms with E-state index >= 15 is 0 Å². The van der Waals surface area contributed by atoms with Crippen molar-refractivity contribution in [1.29, 1.82) is 0 Å². The van der Waals surface area contributed by atoms with Crippen molar-refractivity contribution in [3.8, 4) is 5.75 Å². The van der Waals surface area contributed by atoms with Crippen LogP contribution < -0.4 is 15.3 Å². The summed E-state index contributed by atoms with van der Waals surface area (Å²) in [4.78, 5) is 19.3. The molecule has 4 aromatic rings. The van der Waals surface area contributed by atoms with Gasteiger partial charge in [-0.05, 0) is 37.1 Å². The first kappa shape index (κ1) is 23.4. The molecule has 35 heavy (non-hydrogen) atoms. The van der Waals surface area contributed by atoms with E-state index in [0.29, 0.717) is 53.3 Å². The highest BCUT2D eigenvalue weighted by Gasteiger charge is 2.35. The first-order valence-corrected chi connectivity index (χ1v) is 11.9. The van der Waals surface area contributed by atoms with Gasteiger partial charge in [0.05, 0.1) is 36.6 Å². The summed E-state index contributed by atoms with van der Waals surface area (Å²) in [5, 5.41) is 0.356. The Kier molecular flexibility index (Phi) is 5.82. The largest absolute Gasteiger partial charge is 0.494 e. The smallest absolute Gasteiger partial charge is 0.443 e. The van der Waals surface area contributed by atoms with E-state index in [0.717, 1.165) is 5.56 Å². The summed E-state index contributed by atoms with van der Waals surface area (Å²) in [6.45, 7) is 2.71. The number of thiazole rings is 1. The van der Waals surface area contributed by atoms with Crippen LogP contribution in [0, 0.1) is 12.7 Å². The van der Waals surface area contributed by atoms with Crippen LogP contribution >= 0.6 is 11.3 Å². The summed E-state index contributed by atoms with van der Waals surface area (Å²) in [5.41, 5.74) is 2.20. The van der Waals surface area contributed by atoms with E-state index in [9.17, 15) is 22.4 Å². The third-order valence-corrected chi connectivity index (χ3v) is 7.25. The van der Waals surface area contributed by atoms with Gasteiger partial charge in [0.1, 0.15) is 17.1 Å². The second-order valence-electron chi connectivity index (χ2n) is 8.50. The number of nitrogens with zero attached hydrogens (tertiary/aromatic N) is 4. The Morgan fingerprint density at radius 1 is 1.20 bits per heavy atom. The fourth-order valence-corrected chi connectivity index (χ4v) is 5.50. The minimum absolute atomic E-state index is 0.127. The maximum Gasteiger partial charge on any atom is 0.443 e. The minimum Gasteiger partial charge on any atom is -0.494 e. The minimum atomic E-state index is -4.54. The molecule has 0 aliphatic carbocycles. The molecule has 3 heterocycles. The monoisotopic (exact) mass is 506 g/mol. The Hall–Kier alpha value is -3.34. The third kappa shape index (κ3) is 4.07. The number of hydrogen-bond acceptors (Lipinski definition) is 5. The zero-order chi connectivity index (χ0) is 24.9. The SMILES string of the molecule is COc1cccc2c1n(Cc1csc(C(F)(F)F)n1)c(=O)n2[C@@H]1CCN(c2c(C)cccc2F)C1. The molecule has 0 amide bonds. The van der Waals surface area contributed by atoms with E-state index in [4.69, 9.17) is 4.74 Å². The molecule has 0 bridgehead atoms. The predicted octanol–water partition coefficient (Wildman–Crippen LogP) is 5.23. The van der Waals surface area contributed by atoms with Gasteiger partial charge in [0.25, 0.3) is 0 Å². The Labute approximate surface area is 202 Å². The number of imidazole rings is 1. The standard InChI is InChI=1S/C24H22F4N4O2S/c1-14-5-3-6-17(25)20(14)30-10-9-16(12-30)32-18-7-4-8-19(34-2)21(18)31(23(32)33)11-15-13-35-22(29-15)24(26,27)28/h3-8,13,16H,9-12H2,1-2H3/t16-/m1/s1. The molecule has 0 N–H and O–H groups in total. The second kappa shape index (κ2) is 8.71. The molecule has 1 aliphatic heterocycles. The number of ether oxygens (including phenoxy) is 1. The summed E-state index contributed by atoms with van der Waals surface area (Å²) >= 11 is 0.498. The van der Waals surface area contributed by atoms with Crippen molar-refractivity contribution >= 4 is 28.1 Å². The van der Waals surface area contributed by atoms with Crippen LogP contribution in [0.3, 0.4) is 0 Å². The van der Waals surface area contributed by atoms with E-state index < -0.39 is 11.2 Å². The van der Waals surface area contributed by atoms with Crippen molar-refractivity contribution in [1.82, 2.24) is 14.1 Å². The average molecular weight is 507 g/mol. The fourth-order valence-electron chi connectivity index (χ4n) is 4.82. The molecule has 0 radical (unpaired) electrons. The summed E-state index contributed by atoms with van der Waals surface area (Å²) in [5.74, 6) is 0.121. The Morgan fingerprint density at radius 2 is 1.97 bits per heavy atom. The van der Waals surface area contributed by atoms with Crippen LogP contribution in [0.2, 0.25) is 0 Å². The zero-order valence-corrected chi connectivity index (χ0v) is 19.8. The normalized spacial score (nSPS) is 16.4. The van der Waals surface area contributed by atoms with Gasteiger partial charge >= 0.3 is 11.9 Å². The molecule has 1 fully saturated rings. The van der Waals surface area contributed by atoms with Gasteiger partial charge in [-0.3, -0.25) is 9.13 Å². The molecule has 2 aromatic carbocycles. The lowest BCUT2D eigenvalue weighted by Crippen LogP contribution is -2.30. The number of benzene rings is 2. The Morgan fingerprint density at radius 3 is 2.66 bits per heavy atom. The van der Waals surface area contributed by atoms with Crippen molar-refractivity contribution in [2.45, 2.75) is 32.1 Å². The number of rotatable bonds is 5. The summed E-state index contributed by atoms with van der Waals surface area (Å²) in [6.07, 6.45) is -3.93. The van der Waals surface area contributed by atoms with Crippen molar-refractivity contribution in [3.63, 3.8) is 0 Å². The number of methoxy groups -OCH3 is 1. The molecule has 0 unspecified atom stereocenters. The molecule has 1 aliphatic rings. The molecule has 5 rings (SSSR count). The number of para-hydroxylation sites is 2. The molecule has 11 heteroatoms. The lowest BCUT2D eigenvalue weighted by atomic mass is 10.2. The van der Waals surface area contributed by atoms with Crippen LogP contribution in [0.15, 0.2) is 46.6 Å². The molecular formula is C24H22F4N4O2S. The Balaban J connectivity index is 1.57. The van der Waals surface area contributed by atoms with E-state index in [1.165, 1.54) is 23.1 Å². The summed E-state index contributed by atoms with van der Waals surface area (Å²) in [6, 6.07) is 9.93. The number of alkyl halides is 3. The number of halogens is 4. The quantitative estimate of drug-likeness (QED) is 0.348. The molecular weight excluding hydrogens is 484 g/mol. The highest BCUT2D eigenvalue weighted by Crippen LogP contribution is 2.35. The van der Waals surface area contributed by atoms with Crippen molar-refractivity contribution in [2.24, 2.45) is 0 Å². The van der Waals surface area contributed by atoms with Gasteiger partial charge in [-0.25, -0.2) is 14.2 Å². The van der Waals surface area contributed by atoms with Gasteiger partial charge in [0, 0.05) is 18.5 Å². The number of anilines is 1. The van der Waals surface area contributed by atoms with Gasteiger partial charge in [-0.1, -0.05) is 18.2 Å². The lowest BCUT2D eigenvalue weighted by Gasteiger charge is -2.21. The first-order valence-electron chi connectivity index (χ1n) is 11.0. The van der Waals surface area contributed by atoms with Crippen LogP contribution in [-0.2, 0) is 12.7 Å². The predicted molar refractivity (Wildman–Crippen MR) is 126 cm³/mol. The van der Waals surface area contributed by atoms with E-state index in [1.54, 1.807) is 28.8 Å². The van der Waals surface area contributed by atoms with Gasteiger partial charge < -0.3 is 9.64 Å². The van der Waals surface area contributed by atoms with Crippen LogP contribution in [0.5, 0.6) is 5.75 Å². The van der Waals surface area contributed by atoms with Gasteiger partial charge in [0.15, 0.2) is 5.01 Å². The van der Waals surface area contributed by atoms with Crippen LogP contribution in [0.4, 0.5) is 23.2 Å². The third-order valence-electron chi connectivity index (χ3n) is 6.31. The van der Waals surface area contributed by atoms with Gasteiger partial charge in [0.2, 0.25) is 0 Å². The van der Waals surface area contributed by atoms with Crippen molar-refractivity contribution < 1.29 is 22.3 Å². The average Bonchev–Trinajstić information content (AvgIpc) is 3.52. The second-order valence-corrected chi connectivity index (χ2v) is 9.36. The number of aryl methyl sites for hydroxylation is 1. The van der Waals surface area contributed by atoms with Crippen LogP contribution in [-0.4, -0.2) is 34.3 Å². The summed E-state index contributed by atoms with van der Waals surface area (Å²) in [7, 11) is 1.48. The topological polar surface area (TPSA) is 52.3 Å². The first-order chi connectivity index (χ1) is 16.7. The van der Waals surface area contributed by atoms with E-state index in [1.807, 2.05) is 17.9 Å². The van der Waals surface area contributed by atoms with E-state index in [2.05, 4.69) is 4.98 Å². The van der Waals surface area contributed by atoms with Crippen LogP contribution in [0.25, 0.3) is 11.0 Å². The molecule has 0 saturated carbocycles. The molecule has 2 aromatic heterocycles. The Bertz CT molecular complexity index is 1440. The van der Waals surface area contributed by atoms with E-state index in [-0.39, 0.29) is 29.8 Å². The molecule has 1 saturated heterocycles. The molecule has 184 valence electrons. The lowest BCUT2D eigenvalue weighted by molar-refractivity contribution is -0.137. The fraction of sp³-hybridized carbons (Fsp3) is 0.333. The van der Waals surface area contributed by atoms with Gasteiger partial charge in [-0.15, -0.1) is 11.3 Å². The summed E-state index contributed by atoms with van der Waals surface area (Å²) < 4.78 is 62.3.